The molecule has 1 saturated carbocycles. The molecule has 0 aromatic carbocycles. The van der Waals surface area contributed by atoms with Crippen LogP contribution in [0.1, 0.15) is 32.1 Å². The lowest BCUT2D eigenvalue weighted by molar-refractivity contribution is -0.137. The molecule has 0 bridgehead atoms. The van der Waals surface area contributed by atoms with Gasteiger partial charge in [0.05, 0.1) is 18.6 Å². The maximum Gasteiger partial charge on any atom is 0.317 e. The first kappa shape index (κ1) is 14.8. The second-order valence-corrected chi connectivity index (χ2v) is 4.68. The highest BCUT2D eigenvalue weighted by atomic mass is 16.5. The Morgan fingerprint density at radius 1 is 1.39 bits per heavy atom. The van der Waals surface area contributed by atoms with E-state index in [2.05, 4.69) is 5.32 Å². The molecule has 0 aromatic rings. The number of hydrogen-bond acceptors (Lipinski definition) is 3. The van der Waals surface area contributed by atoms with Crippen molar-refractivity contribution >= 4 is 12.0 Å². The number of rotatable bonds is 5. The second kappa shape index (κ2) is 7.20. The topological polar surface area (TPSA) is 78.9 Å². The minimum atomic E-state index is -0.901. The van der Waals surface area contributed by atoms with Gasteiger partial charge < -0.3 is 20.1 Å². The van der Waals surface area contributed by atoms with E-state index in [1.54, 1.807) is 14.2 Å². The molecule has 18 heavy (non-hydrogen) atoms. The normalized spacial score (nSPS) is 23.4. The zero-order chi connectivity index (χ0) is 13.5. The molecular weight excluding hydrogens is 236 g/mol. The van der Waals surface area contributed by atoms with Crippen LogP contribution in [0.5, 0.6) is 0 Å². The number of carboxylic acid groups (broad SMARTS) is 1. The first-order valence-electron chi connectivity index (χ1n) is 6.30. The number of urea groups is 1. The van der Waals surface area contributed by atoms with Crippen LogP contribution in [0.3, 0.4) is 0 Å². The number of nitrogens with one attached hydrogen (secondary N) is 1. The van der Waals surface area contributed by atoms with Gasteiger partial charge >= 0.3 is 12.0 Å². The highest BCUT2D eigenvalue weighted by molar-refractivity contribution is 5.75. The fourth-order valence-electron chi connectivity index (χ4n) is 2.18. The van der Waals surface area contributed by atoms with Crippen LogP contribution in [0.15, 0.2) is 0 Å². The van der Waals surface area contributed by atoms with Gasteiger partial charge in [0.25, 0.3) is 0 Å². The zero-order valence-corrected chi connectivity index (χ0v) is 11.0. The van der Waals surface area contributed by atoms with E-state index >= 15 is 0 Å². The monoisotopic (exact) mass is 258 g/mol. The highest BCUT2D eigenvalue weighted by Gasteiger charge is 2.27. The predicted octanol–water partition coefficient (Wildman–Crippen LogP) is 1.06. The number of carbonyl (C=O) groups is 2. The van der Waals surface area contributed by atoms with E-state index in [1.165, 1.54) is 4.90 Å². The predicted molar refractivity (Wildman–Crippen MR) is 66.5 cm³/mol. The minimum Gasteiger partial charge on any atom is -0.481 e. The maximum absolute atomic E-state index is 11.9. The molecule has 0 radical (unpaired) electrons. The molecule has 0 aliphatic heterocycles. The molecular formula is C12H22N2O4. The molecule has 0 heterocycles. The van der Waals surface area contributed by atoms with Gasteiger partial charge in [-0.05, 0) is 12.8 Å². The molecule has 6 heteroatoms. The first-order valence-corrected chi connectivity index (χ1v) is 6.30. The van der Waals surface area contributed by atoms with E-state index in [0.29, 0.717) is 0 Å². The number of ether oxygens (including phenoxy) is 1. The van der Waals surface area contributed by atoms with Crippen molar-refractivity contribution in [3.63, 3.8) is 0 Å². The summed E-state index contributed by atoms with van der Waals surface area (Å²) in [6.07, 6.45) is 4.11. The molecule has 1 aliphatic rings. The average Bonchev–Trinajstić information content (AvgIpc) is 2.36. The molecule has 104 valence electrons. The summed E-state index contributed by atoms with van der Waals surface area (Å²) < 4.78 is 5.36. The van der Waals surface area contributed by atoms with Gasteiger partial charge in [0, 0.05) is 20.7 Å². The summed E-state index contributed by atoms with van der Waals surface area (Å²) in [5, 5.41) is 11.5. The third kappa shape index (κ3) is 4.52. The van der Waals surface area contributed by atoms with Gasteiger partial charge in [-0.25, -0.2) is 4.79 Å². The van der Waals surface area contributed by atoms with E-state index in [4.69, 9.17) is 9.84 Å². The van der Waals surface area contributed by atoms with Crippen molar-refractivity contribution < 1.29 is 19.4 Å². The van der Waals surface area contributed by atoms with Crippen molar-refractivity contribution in [2.24, 2.45) is 0 Å². The molecule has 0 aromatic heterocycles. The first-order chi connectivity index (χ1) is 8.54. The second-order valence-electron chi connectivity index (χ2n) is 4.68. The van der Waals surface area contributed by atoms with Crippen LogP contribution in [0.25, 0.3) is 0 Å². The molecule has 0 unspecified atom stereocenters. The summed E-state index contributed by atoms with van der Waals surface area (Å²) in [5.41, 5.74) is 0. The van der Waals surface area contributed by atoms with Crippen LogP contribution < -0.4 is 5.32 Å². The number of carbonyl (C=O) groups excluding carboxylic acids is 1. The van der Waals surface area contributed by atoms with Gasteiger partial charge in [-0.15, -0.1) is 0 Å². The van der Waals surface area contributed by atoms with Gasteiger partial charge in [0.1, 0.15) is 0 Å². The molecule has 1 aliphatic carbocycles. The van der Waals surface area contributed by atoms with Crippen molar-refractivity contribution in [2.45, 2.75) is 44.2 Å². The number of nitrogens with zero attached hydrogens (tertiary/aromatic N) is 1. The third-order valence-electron chi connectivity index (χ3n) is 3.32. The Morgan fingerprint density at radius 3 is 2.67 bits per heavy atom. The number of aliphatic carboxylic acids is 1. The number of hydrogen-bond donors (Lipinski definition) is 2. The lowest BCUT2D eigenvalue weighted by Gasteiger charge is -2.32. The smallest absolute Gasteiger partial charge is 0.317 e. The van der Waals surface area contributed by atoms with Crippen LogP contribution in [0.4, 0.5) is 4.79 Å². The summed E-state index contributed by atoms with van der Waals surface area (Å²) in [5.74, 6) is -0.901. The third-order valence-corrected chi connectivity index (χ3v) is 3.32. The lowest BCUT2D eigenvalue weighted by atomic mass is 9.92. The van der Waals surface area contributed by atoms with Crippen LogP contribution >= 0.6 is 0 Å². The number of methoxy groups -OCH3 is 1. The van der Waals surface area contributed by atoms with E-state index in [1.807, 2.05) is 0 Å². The van der Waals surface area contributed by atoms with Gasteiger partial charge in [-0.1, -0.05) is 12.8 Å². The lowest BCUT2D eigenvalue weighted by Crippen LogP contribution is -2.50. The number of carboxylic acids is 1. The van der Waals surface area contributed by atoms with Crippen LogP contribution in [-0.4, -0.2) is 54.9 Å². The minimum absolute atomic E-state index is 0.0310. The fourth-order valence-corrected chi connectivity index (χ4v) is 2.18. The molecule has 2 atom stereocenters. The Balaban J connectivity index is 2.39. The fraction of sp³-hybridized carbons (Fsp3) is 0.833. The Labute approximate surface area is 107 Å². The Kier molecular flexibility index (Phi) is 5.91. The summed E-state index contributed by atoms with van der Waals surface area (Å²) in [6.45, 7) is 0.214. The maximum atomic E-state index is 11.9. The van der Waals surface area contributed by atoms with Gasteiger partial charge in [-0.2, -0.15) is 0 Å². The van der Waals surface area contributed by atoms with Crippen molar-refractivity contribution in [1.82, 2.24) is 10.2 Å². The summed E-state index contributed by atoms with van der Waals surface area (Å²) in [7, 11) is 3.26. The molecule has 2 N–H and O–H groups in total. The van der Waals surface area contributed by atoms with Crippen molar-refractivity contribution in [3.8, 4) is 0 Å². The Bertz CT molecular complexity index is 296. The van der Waals surface area contributed by atoms with E-state index in [-0.39, 0.29) is 31.1 Å². The largest absolute Gasteiger partial charge is 0.481 e. The molecule has 1 rings (SSSR count). The van der Waals surface area contributed by atoms with E-state index in [9.17, 15) is 9.59 Å². The molecule has 0 spiro atoms. The summed E-state index contributed by atoms with van der Waals surface area (Å²) >= 11 is 0. The zero-order valence-electron chi connectivity index (χ0n) is 11.0. The highest BCUT2D eigenvalue weighted by Crippen LogP contribution is 2.20. The van der Waals surface area contributed by atoms with Crippen LogP contribution in [0, 0.1) is 0 Å². The standard InChI is InChI=1S/C12H22N2O4/c1-14(8-7-11(15)16)12(17)13-9-5-3-4-6-10(9)18-2/h9-10H,3-8H2,1-2H3,(H,13,17)(H,15,16)/t9-,10-/m1/s1. The molecule has 6 nitrogen and oxygen atoms in total. The van der Waals surface area contributed by atoms with Gasteiger partial charge in [0.2, 0.25) is 0 Å². The quantitative estimate of drug-likeness (QED) is 0.773. The van der Waals surface area contributed by atoms with Crippen molar-refractivity contribution in [2.75, 3.05) is 20.7 Å². The van der Waals surface area contributed by atoms with Gasteiger partial charge in [0.15, 0.2) is 0 Å². The van der Waals surface area contributed by atoms with Crippen LogP contribution in [0.2, 0.25) is 0 Å². The van der Waals surface area contributed by atoms with Crippen molar-refractivity contribution in [3.05, 3.63) is 0 Å². The number of amides is 2. The summed E-state index contributed by atoms with van der Waals surface area (Å²) in [4.78, 5) is 23.7. The Hall–Kier alpha value is -1.30. The summed E-state index contributed by atoms with van der Waals surface area (Å²) in [6, 6.07) is -0.200. The molecule has 1 fully saturated rings. The molecule has 0 saturated heterocycles. The average molecular weight is 258 g/mol. The van der Waals surface area contributed by atoms with E-state index < -0.39 is 5.97 Å². The molecule has 2 amide bonds. The van der Waals surface area contributed by atoms with Gasteiger partial charge in [-0.3, -0.25) is 4.79 Å². The van der Waals surface area contributed by atoms with Crippen molar-refractivity contribution in [1.29, 1.82) is 0 Å². The SMILES string of the molecule is CO[C@@H]1CCCC[C@H]1NC(=O)N(C)CCC(=O)O. The van der Waals surface area contributed by atoms with Crippen LogP contribution in [-0.2, 0) is 9.53 Å². The van der Waals surface area contributed by atoms with E-state index in [0.717, 1.165) is 25.7 Å². The Morgan fingerprint density at radius 2 is 2.06 bits per heavy atom.